The summed E-state index contributed by atoms with van der Waals surface area (Å²) in [6.07, 6.45) is 1.82. The van der Waals surface area contributed by atoms with E-state index < -0.39 is 0 Å². The Labute approximate surface area is 131 Å². The number of hydrogen-bond acceptors (Lipinski definition) is 1. The van der Waals surface area contributed by atoms with Crippen LogP contribution >= 0.6 is 11.6 Å². The molecule has 1 unspecified atom stereocenters. The van der Waals surface area contributed by atoms with Gasteiger partial charge in [0.2, 0.25) is 0 Å². The van der Waals surface area contributed by atoms with E-state index in [9.17, 15) is 4.39 Å². The van der Waals surface area contributed by atoms with Gasteiger partial charge in [0.15, 0.2) is 0 Å². The summed E-state index contributed by atoms with van der Waals surface area (Å²) in [6, 6.07) is 13.6. The minimum atomic E-state index is -0.340. The second-order valence-corrected chi connectivity index (χ2v) is 5.98. The highest BCUT2D eigenvalue weighted by atomic mass is 35.5. The van der Waals surface area contributed by atoms with E-state index in [0.717, 1.165) is 24.9 Å². The average molecular weight is 306 g/mol. The standard InChI is InChI=1S/C18H21ClFN/c1-13-4-3-5-14(8-13)9-16(12-21-2)10-15-6-7-17(19)18(20)11-15/h3-8,11,16,21H,9-10,12H2,1-2H3. The summed E-state index contributed by atoms with van der Waals surface area (Å²) >= 11 is 5.74. The number of halogens is 2. The first kappa shape index (κ1) is 16.0. The Morgan fingerprint density at radius 3 is 2.43 bits per heavy atom. The molecule has 0 radical (unpaired) electrons. The molecule has 0 spiro atoms. The van der Waals surface area contributed by atoms with E-state index in [1.54, 1.807) is 12.1 Å². The lowest BCUT2D eigenvalue weighted by Gasteiger charge is -2.17. The van der Waals surface area contributed by atoms with Gasteiger partial charge in [-0.1, -0.05) is 47.5 Å². The van der Waals surface area contributed by atoms with Crippen LogP contribution in [-0.2, 0) is 12.8 Å². The third-order valence-corrected chi connectivity index (χ3v) is 3.91. The van der Waals surface area contributed by atoms with Crippen molar-refractivity contribution in [3.05, 3.63) is 70.0 Å². The zero-order valence-electron chi connectivity index (χ0n) is 12.5. The van der Waals surface area contributed by atoms with Crippen LogP contribution in [0, 0.1) is 18.7 Å². The normalized spacial score (nSPS) is 12.4. The Balaban J connectivity index is 2.09. The number of hydrogen-bond donors (Lipinski definition) is 1. The van der Waals surface area contributed by atoms with Gasteiger partial charge in [-0.15, -0.1) is 0 Å². The lowest BCUT2D eigenvalue weighted by Crippen LogP contribution is -2.22. The molecule has 0 saturated carbocycles. The molecule has 2 rings (SSSR count). The van der Waals surface area contributed by atoms with Crippen LogP contribution in [0.25, 0.3) is 0 Å². The molecule has 0 aliphatic heterocycles. The summed E-state index contributed by atoms with van der Waals surface area (Å²) < 4.78 is 13.5. The first-order chi connectivity index (χ1) is 10.1. The first-order valence-electron chi connectivity index (χ1n) is 7.22. The minimum Gasteiger partial charge on any atom is -0.319 e. The van der Waals surface area contributed by atoms with E-state index >= 15 is 0 Å². The third-order valence-electron chi connectivity index (χ3n) is 3.61. The fraction of sp³-hybridized carbons (Fsp3) is 0.333. The summed E-state index contributed by atoms with van der Waals surface area (Å²) in [5.74, 6) is 0.0882. The van der Waals surface area contributed by atoms with Crippen LogP contribution in [0.2, 0.25) is 5.02 Å². The zero-order chi connectivity index (χ0) is 15.2. The molecule has 2 aromatic carbocycles. The highest BCUT2D eigenvalue weighted by Gasteiger charge is 2.11. The molecular formula is C18H21ClFN. The van der Waals surface area contributed by atoms with Crippen molar-refractivity contribution < 1.29 is 4.39 Å². The molecular weight excluding hydrogens is 285 g/mol. The summed E-state index contributed by atoms with van der Waals surface area (Å²) in [5.41, 5.74) is 3.59. The summed E-state index contributed by atoms with van der Waals surface area (Å²) in [5, 5.41) is 3.41. The Hall–Kier alpha value is -1.38. The van der Waals surface area contributed by atoms with Crippen molar-refractivity contribution >= 4 is 11.6 Å². The lowest BCUT2D eigenvalue weighted by molar-refractivity contribution is 0.491. The first-order valence-corrected chi connectivity index (χ1v) is 7.60. The van der Waals surface area contributed by atoms with Gasteiger partial charge in [0.05, 0.1) is 5.02 Å². The molecule has 0 aliphatic rings. The number of rotatable bonds is 6. The van der Waals surface area contributed by atoms with Crippen molar-refractivity contribution in [2.75, 3.05) is 13.6 Å². The molecule has 0 bridgehead atoms. The van der Waals surface area contributed by atoms with E-state index in [0.29, 0.717) is 5.92 Å². The van der Waals surface area contributed by atoms with E-state index in [-0.39, 0.29) is 10.8 Å². The van der Waals surface area contributed by atoms with Gasteiger partial charge in [-0.05, 0) is 62.5 Å². The smallest absolute Gasteiger partial charge is 0.142 e. The summed E-state index contributed by atoms with van der Waals surface area (Å²) in [6.45, 7) is 3.00. The van der Waals surface area contributed by atoms with Crippen LogP contribution in [0.5, 0.6) is 0 Å². The van der Waals surface area contributed by atoms with Crippen molar-refractivity contribution in [2.24, 2.45) is 5.92 Å². The Morgan fingerprint density at radius 1 is 1.10 bits per heavy atom. The third kappa shape index (κ3) is 4.83. The highest BCUT2D eigenvalue weighted by Crippen LogP contribution is 2.20. The molecule has 3 heteroatoms. The molecule has 2 aromatic rings. The SMILES string of the molecule is CNCC(Cc1cccc(C)c1)Cc1ccc(Cl)c(F)c1. The Kier molecular flexibility index (Phi) is 5.77. The van der Waals surface area contributed by atoms with Crippen molar-refractivity contribution in [1.82, 2.24) is 5.32 Å². The Bertz CT molecular complexity index is 598. The fourth-order valence-corrected chi connectivity index (χ4v) is 2.80. The van der Waals surface area contributed by atoms with Crippen LogP contribution < -0.4 is 5.32 Å². The molecule has 1 nitrogen and oxygen atoms in total. The molecule has 0 amide bonds. The predicted octanol–water partition coefficient (Wildman–Crippen LogP) is 4.41. The maximum atomic E-state index is 13.5. The topological polar surface area (TPSA) is 12.0 Å². The van der Waals surface area contributed by atoms with Gasteiger partial charge >= 0.3 is 0 Å². The van der Waals surface area contributed by atoms with Crippen molar-refractivity contribution in [1.29, 1.82) is 0 Å². The van der Waals surface area contributed by atoms with Crippen LogP contribution in [0.1, 0.15) is 16.7 Å². The quantitative estimate of drug-likeness (QED) is 0.833. The molecule has 1 N–H and O–H groups in total. The number of nitrogens with one attached hydrogen (secondary N) is 1. The molecule has 0 aliphatic carbocycles. The van der Waals surface area contributed by atoms with E-state index in [1.165, 1.54) is 11.1 Å². The largest absolute Gasteiger partial charge is 0.319 e. The molecule has 112 valence electrons. The lowest BCUT2D eigenvalue weighted by atomic mass is 9.92. The van der Waals surface area contributed by atoms with E-state index in [2.05, 4.69) is 36.5 Å². The zero-order valence-corrected chi connectivity index (χ0v) is 13.3. The molecule has 1 atom stereocenters. The second kappa shape index (κ2) is 7.58. The maximum absolute atomic E-state index is 13.5. The molecule has 21 heavy (non-hydrogen) atoms. The van der Waals surface area contributed by atoms with Gasteiger partial charge in [0.1, 0.15) is 5.82 Å². The fourth-order valence-electron chi connectivity index (χ4n) is 2.68. The maximum Gasteiger partial charge on any atom is 0.142 e. The number of aryl methyl sites for hydroxylation is 1. The number of benzene rings is 2. The van der Waals surface area contributed by atoms with Crippen LogP contribution in [0.3, 0.4) is 0 Å². The van der Waals surface area contributed by atoms with Crippen LogP contribution in [0.15, 0.2) is 42.5 Å². The van der Waals surface area contributed by atoms with Crippen molar-refractivity contribution in [2.45, 2.75) is 19.8 Å². The van der Waals surface area contributed by atoms with Crippen molar-refractivity contribution in [3.63, 3.8) is 0 Å². The monoisotopic (exact) mass is 305 g/mol. The highest BCUT2D eigenvalue weighted by molar-refractivity contribution is 6.30. The van der Waals surface area contributed by atoms with Crippen LogP contribution in [-0.4, -0.2) is 13.6 Å². The second-order valence-electron chi connectivity index (χ2n) is 5.57. The van der Waals surface area contributed by atoms with Gasteiger partial charge in [0.25, 0.3) is 0 Å². The van der Waals surface area contributed by atoms with Gasteiger partial charge in [-0.2, -0.15) is 0 Å². The molecule has 0 aromatic heterocycles. The summed E-state index contributed by atoms with van der Waals surface area (Å²) in [4.78, 5) is 0. The summed E-state index contributed by atoms with van der Waals surface area (Å²) in [7, 11) is 1.95. The van der Waals surface area contributed by atoms with Crippen molar-refractivity contribution in [3.8, 4) is 0 Å². The van der Waals surface area contributed by atoms with Gasteiger partial charge in [-0.25, -0.2) is 4.39 Å². The van der Waals surface area contributed by atoms with Gasteiger partial charge in [-0.3, -0.25) is 0 Å². The predicted molar refractivity (Wildman–Crippen MR) is 87.4 cm³/mol. The molecule has 0 fully saturated rings. The van der Waals surface area contributed by atoms with Gasteiger partial charge in [0, 0.05) is 0 Å². The Morgan fingerprint density at radius 2 is 1.81 bits per heavy atom. The van der Waals surface area contributed by atoms with E-state index in [4.69, 9.17) is 11.6 Å². The van der Waals surface area contributed by atoms with Gasteiger partial charge < -0.3 is 5.32 Å². The van der Waals surface area contributed by atoms with E-state index in [1.807, 2.05) is 13.1 Å². The molecule has 0 heterocycles. The average Bonchev–Trinajstić information content (AvgIpc) is 2.43. The minimum absolute atomic E-state index is 0.183. The molecule has 0 saturated heterocycles. The van der Waals surface area contributed by atoms with Crippen LogP contribution in [0.4, 0.5) is 4.39 Å².